The second kappa shape index (κ2) is 5.64. The molecule has 0 aliphatic carbocycles. The van der Waals surface area contributed by atoms with E-state index in [1.54, 1.807) is 6.07 Å². The molecule has 1 saturated heterocycles. The van der Waals surface area contributed by atoms with Crippen molar-refractivity contribution in [1.29, 1.82) is 0 Å². The maximum absolute atomic E-state index is 12.8. The van der Waals surface area contributed by atoms with Gasteiger partial charge in [-0.15, -0.1) is 0 Å². The van der Waals surface area contributed by atoms with Gasteiger partial charge in [-0.25, -0.2) is 9.78 Å². The van der Waals surface area contributed by atoms with E-state index in [1.165, 1.54) is 12.3 Å². The number of hydrogen-bond donors (Lipinski definition) is 1. The van der Waals surface area contributed by atoms with Gasteiger partial charge in [-0.05, 0) is 39.3 Å². The summed E-state index contributed by atoms with van der Waals surface area (Å²) in [7, 11) is 0. The third kappa shape index (κ3) is 4.08. The van der Waals surface area contributed by atoms with E-state index in [0.717, 1.165) is 18.7 Å². The predicted molar refractivity (Wildman–Crippen MR) is 74.2 cm³/mol. The Hall–Kier alpha value is -1.85. The molecule has 1 aliphatic heterocycles. The van der Waals surface area contributed by atoms with Crippen molar-refractivity contribution in [2.45, 2.75) is 38.8 Å². The second-order valence-corrected chi connectivity index (χ2v) is 5.92. The first-order chi connectivity index (χ1) is 9.33. The van der Waals surface area contributed by atoms with Crippen molar-refractivity contribution < 1.29 is 13.9 Å². The third-order valence-electron chi connectivity index (χ3n) is 2.99. The lowest BCUT2D eigenvalue weighted by Crippen LogP contribution is -2.40. The van der Waals surface area contributed by atoms with Crippen LogP contribution in [0.3, 0.4) is 0 Å². The standard InChI is InChI=1S/C14H20FN3O2/c1-14(2,3)20-13(19)17-10-6-7-18(9-10)11-4-5-12(15)16-8-11/h4-5,8,10H,6-7,9H2,1-3H3,(H,17,19)/t10-/m0/s1. The lowest BCUT2D eigenvalue weighted by atomic mass is 10.2. The van der Waals surface area contributed by atoms with Crippen LogP contribution in [0.1, 0.15) is 27.2 Å². The number of aromatic nitrogens is 1. The van der Waals surface area contributed by atoms with Crippen LogP contribution >= 0.6 is 0 Å². The summed E-state index contributed by atoms with van der Waals surface area (Å²) in [5, 5.41) is 2.85. The molecule has 1 atom stereocenters. The molecular formula is C14H20FN3O2. The number of rotatable bonds is 2. The summed E-state index contributed by atoms with van der Waals surface area (Å²) in [5.41, 5.74) is 0.364. The van der Waals surface area contributed by atoms with Crippen molar-refractivity contribution in [2.75, 3.05) is 18.0 Å². The number of pyridine rings is 1. The molecule has 1 aromatic rings. The van der Waals surface area contributed by atoms with E-state index >= 15 is 0 Å². The zero-order valence-electron chi connectivity index (χ0n) is 12.0. The highest BCUT2D eigenvalue weighted by molar-refractivity contribution is 5.68. The lowest BCUT2D eigenvalue weighted by molar-refractivity contribution is 0.0509. The van der Waals surface area contributed by atoms with Gasteiger partial charge in [0.25, 0.3) is 0 Å². The molecule has 1 N–H and O–H groups in total. The summed E-state index contributed by atoms with van der Waals surface area (Å²) in [6.45, 7) is 6.97. The summed E-state index contributed by atoms with van der Waals surface area (Å²) in [6.07, 6.45) is 1.93. The van der Waals surface area contributed by atoms with Gasteiger partial charge in [0.05, 0.1) is 17.9 Å². The monoisotopic (exact) mass is 281 g/mol. The predicted octanol–water partition coefficient (Wildman–Crippen LogP) is 2.32. The van der Waals surface area contributed by atoms with Gasteiger partial charge in [0.2, 0.25) is 5.95 Å². The molecule has 6 heteroatoms. The molecule has 0 unspecified atom stereocenters. The fourth-order valence-electron chi connectivity index (χ4n) is 2.14. The van der Waals surface area contributed by atoms with Crippen molar-refractivity contribution in [3.05, 3.63) is 24.3 Å². The first kappa shape index (κ1) is 14.6. The van der Waals surface area contributed by atoms with E-state index in [9.17, 15) is 9.18 Å². The van der Waals surface area contributed by atoms with Crippen molar-refractivity contribution in [3.63, 3.8) is 0 Å². The Labute approximate surface area is 118 Å². The molecule has 0 saturated carbocycles. The fourth-order valence-corrected chi connectivity index (χ4v) is 2.14. The molecule has 1 fully saturated rings. The molecule has 110 valence electrons. The summed E-state index contributed by atoms with van der Waals surface area (Å²) >= 11 is 0. The van der Waals surface area contributed by atoms with E-state index < -0.39 is 17.6 Å². The van der Waals surface area contributed by atoms with E-state index in [1.807, 2.05) is 20.8 Å². The maximum Gasteiger partial charge on any atom is 0.407 e. The average molecular weight is 281 g/mol. The number of alkyl carbamates (subject to hydrolysis) is 1. The van der Waals surface area contributed by atoms with Crippen LogP contribution in [-0.4, -0.2) is 35.8 Å². The van der Waals surface area contributed by atoms with Gasteiger partial charge in [0.1, 0.15) is 5.60 Å². The Kier molecular flexibility index (Phi) is 4.11. The molecule has 0 radical (unpaired) electrons. The Morgan fingerprint density at radius 1 is 1.50 bits per heavy atom. The number of nitrogens with one attached hydrogen (secondary N) is 1. The normalized spacial score (nSPS) is 19.0. The number of hydrogen-bond acceptors (Lipinski definition) is 4. The van der Waals surface area contributed by atoms with Crippen LogP contribution < -0.4 is 10.2 Å². The second-order valence-electron chi connectivity index (χ2n) is 5.92. The molecule has 2 heterocycles. The van der Waals surface area contributed by atoms with Crippen LogP contribution in [0.2, 0.25) is 0 Å². The van der Waals surface area contributed by atoms with Crippen LogP contribution in [0.4, 0.5) is 14.9 Å². The van der Waals surface area contributed by atoms with Crippen LogP contribution in [0.25, 0.3) is 0 Å². The van der Waals surface area contributed by atoms with E-state index in [-0.39, 0.29) is 6.04 Å². The number of carbonyl (C=O) groups is 1. The molecule has 0 bridgehead atoms. The largest absolute Gasteiger partial charge is 0.444 e. The Balaban J connectivity index is 1.86. The maximum atomic E-state index is 12.8. The zero-order valence-corrected chi connectivity index (χ0v) is 12.0. The highest BCUT2D eigenvalue weighted by Crippen LogP contribution is 2.19. The smallest absolute Gasteiger partial charge is 0.407 e. The molecule has 20 heavy (non-hydrogen) atoms. The van der Waals surface area contributed by atoms with Gasteiger partial charge in [0.15, 0.2) is 0 Å². The summed E-state index contributed by atoms with van der Waals surface area (Å²) in [4.78, 5) is 17.4. The number of amides is 1. The van der Waals surface area contributed by atoms with Crippen LogP contribution in [0, 0.1) is 5.95 Å². The number of nitrogens with zero attached hydrogens (tertiary/aromatic N) is 2. The SMILES string of the molecule is CC(C)(C)OC(=O)N[C@H]1CCN(c2ccc(F)nc2)C1. The topological polar surface area (TPSA) is 54.5 Å². The molecule has 2 rings (SSSR count). The molecular weight excluding hydrogens is 261 g/mol. The van der Waals surface area contributed by atoms with E-state index in [4.69, 9.17) is 4.74 Å². The minimum absolute atomic E-state index is 0.0369. The number of ether oxygens (including phenoxy) is 1. The van der Waals surface area contributed by atoms with Crippen molar-refractivity contribution >= 4 is 11.8 Å². The first-order valence-electron chi connectivity index (χ1n) is 6.69. The Morgan fingerprint density at radius 2 is 2.25 bits per heavy atom. The van der Waals surface area contributed by atoms with Crippen LogP contribution in [0.5, 0.6) is 0 Å². The Bertz CT molecular complexity index is 470. The van der Waals surface area contributed by atoms with E-state index in [2.05, 4.69) is 15.2 Å². The molecule has 1 aliphatic rings. The number of halogens is 1. The zero-order chi connectivity index (χ0) is 14.8. The highest BCUT2D eigenvalue weighted by Gasteiger charge is 2.26. The lowest BCUT2D eigenvalue weighted by Gasteiger charge is -2.22. The van der Waals surface area contributed by atoms with E-state index in [0.29, 0.717) is 6.54 Å². The van der Waals surface area contributed by atoms with Crippen molar-refractivity contribution in [2.24, 2.45) is 0 Å². The first-order valence-corrected chi connectivity index (χ1v) is 6.69. The van der Waals surface area contributed by atoms with Gasteiger partial charge in [0, 0.05) is 13.1 Å². The fraction of sp³-hybridized carbons (Fsp3) is 0.571. The van der Waals surface area contributed by atoms with Crippen molar-refractivity contribution in [1.82, 2.24) is 10.3 Å². The van der Waals surface area contributed by atoms with Gasteiger partial charge in [-0.3, -0.25) is 0 Å². The highest BCUT2D eigenvalue weighted by atomic mass is 19.1. The van der Waals surface area contributed by atoms with Gasteiger partial charge in [-0.1, -0.05) is 0 Å². The van der Waals surface area contributed by atoms with Crippen molar-refractivity contribution in [3.8, 4) is 0 Å². The van der Waals surface area contributed by atoms with Gasteiger partial charge >= 0.3 is 6.09 Å². The van der Waals surface area contributed by atoms with Gasteiger partial charge < -0.3 is 15.0 Å². The summed E-state index contributed by atoms with van der Waals surface area (Å²) in [6, 6.07) is 3.07. The van der Waals surface area contributed by atoms with Crippen LogP contribution in [0.15, 0.2) is 18.3 Å². The number of carbonyl (C=O) groups excluding carboxylic acids is 1. The van der Waals surface area contributed by atoms with Gasteiger partial charge in [-0.2, -0.15) is 4.39 Å². The Morgan fingerprint density at radius 3 is 2.85 bits per heavy atom. The molecule has 1 aromatic heterocycles. The molecule has 0 aromatic carbocycles. The molecule has 5 nitrogen and oxygen atoms in total. The third-order valence-corrected chi connectivity index (χ3v) is 2.99. The van der Waals surface area contributed by atoms with Crippen LogP contribution in [-0.2, 0) is 4.74 Å². The summed E-state index contributed by atoms with van der Waals surface area (Å²) < 4.78 is 18.0. The molecule has 0 spiro atoms. The molecule has 1 amide bonds. The quantitative estimate of drug-likeness (QED) is 0.845. The number of anilines is 1. The minimum Gasteiger partial charge on any atom is -0.444 e. The minimum atomic E-state index is -0.497. The average Bonchev–Trinajstić information content (AvgIpc) is 2.75. The summed E-state index contributed by atoms with van der Waals surface area (Å²) in [5.74, 6) is -0.489.